The van der Waals surface area contributed by atoms with Crippen LogP contribution in [0.25, 0.3) is 0 Å². The van der Waals surface area contributed by atoms with Gasteiger partial charge in [0.1, 0.15) is 6.61 Å². The van der Waals surface area contributed by atoms with E-state index in [4.69, 9.17) is 14.2 Å². The lowest BCUT2D eigenvalue weighted by molar-refractivity contribution is -0.119. The van der Waals surface area contributed by atoms with Gasteiger partial charge in [0.15, 0.2) is 23.1 Å². The van der Waals surface area contributed by atoms with Crippen LogP contribution < -0.4 is 9.47 Å². The number of Topliss-reactive ketones (excluding diaryl/α,β-unsaturated/α-hetero) is 2. The van der Waals surface area contributed by atoms with E-state index in [0.717, 1.165) is 59.5 Å². The highest BCUT2D eigenvalue weighted by Gasteiger charge is 2.49. The van der Waals surface area contributed by atoms with E-state index < -0.39 is 5.92 Å². The molecule has 2 aromatic rings. The zero-order chi connectivity index (χ0) is 30.1. The Morgan fingerprint density at radius 3 is 2.00 bits per heavy atom. The lowest BCUT2D eigenvalue weighted by Crippen LogP contribution is -2.44. The second kappa shape index (κ2) is 12.1. The summed E-state index contributed by atoms with van der Waals surface area (Å²) < 4.78 is 17.7. The molecule has 2 aromatic carbocycles. The van der Waals surface area contributed by atoms with Gasteiger partial charge < -0.3 is 19.1 Å². The van der Waals surface area contributed by atoms with Gasteiger partial charge in [-0.2, -0.15) is 0 Å². The van der Waals surface area contributed by atoms with Gasteiger partial charge in [-0.15, -0.1) is 0 Å². The average molecular weight is 572 g/mol. The third kappa shape index (κ3) is 6.19. The van der Waals surface area contributed by atoms with E-state index in [2.05, 4.69) is 32.6 Å². The molecule has 0 radical (unpaired) electrons. The molecule has 0 bridgehead atoms. The lowest BCUT2D eigenvalue weighted by Gasteiger charge is -2.49. The highest BCUT2D eigenvalue weighted by Crippen LogP contribution is 2.55. The molecule has 5 rings (SSSR count). The Hall–Kier alpha value is -3.38. The van der Waals surface area contributed by atoms with Gasteiger partial charge in [0.2, 0.25) is 0 Å². The summed E-state index contributed by atoms with van der Waals surface area (Å²) in [6.07, 6.45) is 3.33. The zero-order valence-electron chi connectivity index (χ0n) is 26.0. The van der Waals surface area contributed by atoms with Crippen LogP contribution in [-0.2, 0) is 20.9 Å². The number of rotatable bonds is 10. The van der Waals surface area contributed by atoms with Crippen LogP contribution in [0.4, 0.5) is 0 Å². The van der Waals surface area contributed by atoms with Crippen molar-refractivity contribution in [3.63, 3.8) is 0 Å². The van der Waals surface area contributed by atoms with Crippen LogP contribution in [0.15, 0.2) is 71.1 Å². The van der Waals surface area contributed by atoms with Crippen molar-refractivity contribution in [1.82, 2.24) is 4.90 Å². The Bertz CT molecular complexity index is 1350. The van der Waals surface area contributed by atoms with E-state index in [9.17, 15) is 9.59 Å². The maximum Gasteiger partial charge on any atom is 0.162 e. The molecule has 1 heterocycles. The minimum absolute atomic E-state index is 0.134. The third-order valence-corrected chi connectivity index (χ3v) is 8.59. The Kier molecular flexibility index (Phi) is 8.66. The van der Waals surface area contributed by atoms with E-state index in [1.54, 1.807) is 7.11 Å². The first-order chi connectivity index (χ1) is 20.0. The number of ether oxygens (including phenoxy) is 3. The van der Waals surface area contributed by atoms with Crippen molar-refractivity contribution in [3.05, 3.63) is 82.2 Å². The molecule has 0 unspecified atom stereocenters. The van der Waals surface area contributed by atoms with Crippen molar-refractivity contribution >= 4 is 11.6 Å². The molecule has 0 saturated carbocycles. The summed E-state index contributed by atoms with van der Waals surface area (Å²) in [5.41, 5.74) is 5.37. The fourth-order valence-corrected chi connectivity index (χ4v) is 6.85. The fourth-order valence-electron chi connectivity index (χ4n) is 6.85. The molecule has 1 aliphatic heterocycles. The summed E-state index contributed by atoms with van der Waals surface area (Å²) >= 11 is 0. The molecule has 0 amide bonds. The van der Waals surface area contributed by atoms with E-state index in [1.807, 2.05) is 55.5 Å². The van der Waals surface area contributed by atoms with E-state index in [-0.39, 0.29) is 22.4 Å². The molecule has 0 aromatic heterocycles. The predicted octanol–water partition coefficient (Wildman–Crippen LogP) is 7.39. The number of methoxy groups -OCH3 is 1. The molecule has 0 saturated heterocycles. The standard InChI is InChI=1S/C36H45NO5/c1-7-41-31-18-25(14-15-30(31)42-23-24-12-9-8-10-13-24)32-33-26(19-35(2,3)21-28(33)38)37(16-11-17-40-6)27-20-36(4,5)22-29(39)34(27)32/h8-10,12-15,18,32H,7,11,16-17,19-23H2,1-6H3. The summed E-state index contributed by atoms with van der Waals surface area (Å²) in [6.45, 7) is 12.9. The number of ketones is 2. The molecule has 6 heteroatoms. The van der Waals surface area contributed by atoms with Crippen LogP contribution in [0.3, 0.4) is 0 Å². The number of allylic oxidation sites excluding steroid dienone is 4. The van der Waals surface area contributed by atoms with E-state index in [1.165, 1.54) is 0 Å². The zero-order valence-corrected chi connectivity index (χ0v) is 26.0. The van der Waals surface area contributed by atoms with Gasteiger partial charge >= 0.3 is 0 Å². The molecule has 42 heavy (non-hydrogen) atoms. The van der Waals surface area contributed by atoms with E-state index in [0.29, 0.717) is 44.2 Å². The topological polar surface area (TPSA) is 65.1 Å². The summed E-state index contributed by atoms with van der Waals surface area (Å²) in [7, 11) is 1.71. The number of carbonyl (C=O) groups excluding carboxylic acids is 2. The van der Waals surface area contributed by atoms with Gasteiger partial charge in [-0.25, -0.2) is 0 Å². The maximum atomic E-state index is 14.0. The van der Waals surface area contributed by atoms with Crippen molar-refractivity contribution in [2.75, 3.05) is 26.9 Å². The van der Waals surface area contributed by atoms with Crippen molar-refractivity contribution < 1.29 is 23.8 Å². The van der Waals surface area contributed by atoms with Gasteiger partial charge in [-0.3, -0.25) is 9.59 Å². The summed E-state index contributed by atoms with van der Waals surface area (Å²) in [5.74, 6) is 1.13. The average Bonchev–Trinajstić information content (AvgIpc) is 2.92. The van der Waals surface area contributed by atoms with Crippen LogP contribution in [0.2, 0.25) is 0 Å². The van der Waals surface area contributed by atoms with Crippen molar-refractivity contribution in [1.29, 1.82) is 0 Å². The SMILES string of the molecule is CCOc1cc(C2C3=C(CC(C)(C)CC3=O)N(CCCOC)C3=C2C(=O)CC(C)(C)C3)ccc1OCc1ccccc1. The third-order valence-electron chi connectivity index (χ3n) is 8.59. The predicted molar refractivity (Wildman–Crippen MR) is 164 cm³/mol. The largest absolute Gasteiger partial charge is 0.490 e. The monoisotopic (exact) mass is 571 g/mol. The van der Waals surface area contributed by atoms with Gasteiger partial charge in [0.25, 0.3) is 0 Å². The summed E-state index contributed by atoms with van der Waals surface area (Å²) in [6, 6.07) is 16.0. The molecule has 3 aliphatic rings. The normalized spacial score (nSPS) is 20.0. The van der Waals surface area contributed by atoms with Crippen molar-refractivity contribution in [3.8, 4) is 11.5 Å². The lowest BCUT2D eigenvalue weighted by atomic mass is 9.63. The molecular formula is C36H45NO5. The van der Waals surface area contributed by atoms with Gasteiger partial charge in [-0.1, -0.05) is 64.1 Å². The fraction of sp³-hybridized carbons (Fsp3) is 0.500. The van der Waals surface area contributed by atoms with Crippen molar-refractivity contribution in [2.24, 2.45) is 10.8 Å². The molecule has 6 nitrogen and oxygen atoms in total. The molecule has 0 fully saturated rings. The molecule has 0 spiro atoms. The van der Waals surface area contributed by atoms with Crippen molar-refractivity contribution in [2.45, 2.75) is 79.2 Å². The first-order valence-corrected chi connectivity index (χ1v) is 15.3. The second-order valence-corrected chi connectivity index (χ2v) is 13.4. The quantitative estimate of drug-likeness (QED) is 0.277. The highest BCUT2D eigenvalue weighted by atomic mass is 16.5. The second-order valence-electron chi connectivity index (χ2n) is 13.4. The van der Waals surface area contributed by atoms with Gasteiger partial charge in [0, 0.05) is 61.6 Å². The van der Waals surface area contributed by atoms with Gasteiger partial charge in [-0.05, 0) is 60.3 Å². The Morgan fingerprint density at radius 1 is 0.810 bits per heavy atom. The minimum Gasteiger partial charge on any atom is -0.490 e. The number of hydrogen-bond donors (Lipinski definition) is 0. The van der Waals surface area contributed by atoms with Crippen LogP contribution in [0.1, 0.15) is 83.8 Å². The smallest absolute Gasteiger partial charge is 0.162 e. The maximum absolute atomic E-state index is 14.0. The highest BCUT2D eigenvalue weighted by molar-refractivity contribution is 6.06. The summed E-state index contributed by atoms with van der Waals surface area (Å²) in [4.78, 5) is 30.4. The Labute approximate surface area is 250 Å². The Balaban J connectivity index is 1.63. The van der Waals surface area contributed by atoms with Gasteiger partial charge in [0.05, 0.1) is 6.61 Å². The molecular weight excluding hydrogens is 526 g/mol. The van der Waals surface area contributed by atoms with Crippen LogP contribution in [0, 0.1) is 10.8 Å². The number of nitrogens with zero attached hydrogens (tertiary/aromatic N) is 1. The molecule has 224 valence electrons. The minimum atomic E-state index is -0.414. The molecule has 0 atom stereocenters. The molecule has 2 aliphatic carbocycles. The number of hydrogen-bond acceptors (Lipinski definition) is 6. The first kappa shape index (κ1) is 30.1. The van der Waals surface area contributed by atoms with Crippen LogP contribution in [0.5, 0.6) is 11.5 Å². The molecule has 0 N–H and O–H groups in total. The summed E-state index contributed by atoms with van der Waals surface area (Å²) in [5, 5.41) is 0. The van der Waals surface area contributed by atoms with Crippen LogP contribution >= 0.6 is 0 Å². The van der Waals surface area contributed by atoms with Crippen LogP contribution in [-0.4, -0.2) is 43.3 Å². The van der Waals surface area contributed by atoms with E-state index >= 15 is 0 Å². The first-order valence-electron chi connectivity index (χ1n) is 15.3. The number of benzene rings is 2. The number of carbonyl (C=O) groups is 2. The Morgan fingerprint density at radius 2 is 1.43 bits per heavy atom.